The van der Waals surface area contributed by atoms with Gasteiger partial charge >= 0.3 is 19.8 Å². The zero-order chi connectivity index (χ0) is 34.3. The predicted molar refractivity (Wildman–Crippen MR) is 185 cm³/mol. The molecule has 0 radical (unpaired) electrons. The summed E-state index contributed by atoms with van der Waals surface area (Å²) < 4.78 is 26.1. The number of carbonyl (C=O) groups is 2. The van der Waals surface area contributed by atoms with Crippen LogP contribution in [-0.4, -0.2) is 52.3 Å². The molecule has 0 aliphatic carbocycles. The van der Waals surface area contributed by atoms with E-state index in [4.69, 9.17) is 19.3 Å². The van der Waals surface area contributed by atoms with Crippen LogP contribution in [0.2, 0.25) is 0 Å². The molecule has 9 nitrogen and oxygen atoms in total. The van der Waals surface area contributed by atoms with Gasteiger partial charge in [-0.15, -0.1) is 0 Å². The van der Waals surface area contributed by atoms with E-state index in [9.17, 15) is 19.3 Å². The molecule has 0 aromatic carbocycles. The minimum atomic E-state index is -4.80. The number of phosphoric acid groups is 1. The maximum atomic E-state index is 12.3. The predicted octanol–water partition coefficient (Wildman–Crippen LogP) is 9.06. The zero-order valence-electron chi connectivity index (χ0n) is 29.0. The van der Waals surface area contributed by atoms with E-state index in [2.05, 4.69) is 37.4 Å². The molecule has 0 aromatic heterocycles. The van der Waals surface area contributed by atoms with E-state index >= 15 is 0 Å². The van der Waals surface area contributed by atoms with Crippen LogP contribution in [0.3, 0.4) is 0 Å². The lowest BCUT2D eigenvalue weighted by molar-refractivity contribution is -0.161. The Balaban J connectivity index is 4.23. The van der Waals surface area contributed by atoms with E-state index in [-0.39, 0.29) is 19.4 Å². The fourth-order valence-electron chi connectivity index (χ4n) is 4.71. The number of hydrogen-bond acceptors (Lipinski definition) is 7. The second-order valence-corrected chi connectivity index (χ2v) is 13.5. The average Bonchev–Trinajstić information content (AvgIpc) is 3.01. The van der Waals surface area contributed by atoms with Gasteiger partial charge in [-0.05, 0) is 44.4 Å². The Bertz CT molecular complexity index is 881. The topological polar surface area (TPSA) is 140 Å². The highest BCUT2D eigenvalue weighted by Gasteiger charge is 2.23. The summed E-state index contributed by atoms with van der Waals surface area (Å²) in [7, 11) is -4.80. The van der Waals surface area contributed by atoms with Crippen molar-refractivity contribution in [1.82, 2.24) is 0 Å². The number of ether oxygens (including phenoxy) is 2. The van der Waals surface area contributed by atoms with Crippen molar-refractivity contribution in [3.8, 4) is 0 Å². The van der Waals surface area contributed by atoms with E-state index in [1.165, 1.54) is 64.2 Å². The molecule has 0 saturated heterocycles. The number of allylic oxidation sites excluding steroid dienone is 5. The number of aliphatic hydroxyl groups excluding tert-OH is 1. The quantitative estimate of drug-likeness (QED) is 0.0216. The molecule has 10 heteroatoms. The molecular weight excluding hydrogens is 607 g/mol. The molecule has 0 aliphatic heterocycles. The largest absolute Gasteiger partial charge is 0.469 e. The Hall–Kier alpha value is -1.77. The molecule has 0 fully saturated rings. The second kappa shape index (κ2) is 30.6. The lowest BCUT2D eigenvalue weighted by atomic mass is 10.00. The van der Waals surface area contributed by atoms with Gasteiger partial charge in [-0.25, -0.2) is 4.57 Å². The van der Waals surface area contributed by atoms with Crippen LogP contribution in [0, 0.1) is 5.92 Å². The highest BCUT2D eigenvalue weighted by molar-refractivity contribution is 7.46. The first-order valence-corrected chi connectivity index (χ1v) is 19.3. The Morgan fingerprint density at radius 3 is 2.09 bits per heavy atom. The molecule has 2 unspecified atom stereocenters. The monoisotopic (exact) mass is 672 g/mol. The van der Waals surface area contributed by atoms with Crippen LogP contribution in [0.1, 0.15) is 149 Å². The van der Waals surface area contributed by atoms with E-state index in [0.717, 1.165) is 38.0 Å². The first kappa shape index (κ1) is 44.2. The summed E-state index contributed by atoms with van der Waals surface area (Å²) in [5.74, 6) is -0.315. The summed E-state index contributed by atoms with van der Waals surface area (Å²) in [6.07, 6.45) is 29.2. The molecule has 268 valence electrons. The normalized spacial score (nSPS) is 14.3. The summed E-state index contributed by atoms with van der Waals surface area (Å²) in [6.45, 7) is 5.75. The Morgan fingerprint density at radius 1 is 0.739 bits per heavy atom. The van der Waals surface area contributed by atoms with Crippen LogP contribution in [0.15, 0.2) is 36.5 Å². The van der Waals surface area contributed by atoms with Crippen LogP contribution < -0.4 is 0 Å². The number of rotatable bonds is 31. The average molecular weight is 673 g/mol. The van der Waals surface area contributed by atoms with Gasteiger partial charge in [0, 0.05) is 12.8 Å². The highest BCUT2D eigenvalue weighted by atomic mass is 31.2. The fraction of sp³-hybridized carbons (Fsp3) is 0.778. The SMILES string of the molecule is CCCCCCCC/C=C/C/C=C/C=C/C(O)CCCC(=O)O[C@H](COC(=O)CCCCCCCCC(C)CC)COP(=O)(O)O. The van der Waals surface area contributed by atoms with Crippen molar-refractivity contribution in [3.63, 3.8) is 0 Å². The third-order valence-electron chi connectivity index (χ3n) is 7.81. The Morgan fingerprint density at radius 2 is 1.39 bits per heavy atom. The minimum Gasteiger partial charge on any atom is -0.462 e. The fourth-order valence-corrected chi connectivity index (χ4v) is 5.07. The van der Waals surface area contributed by atoms with Gasteiger partial charge in [-0.2, -0.15) is 0 Å². The molecular formula is C36H65O9P. The van der Waals surface area contributed by atoms with Gasteiger partial charge in [0.25, 0.3) is 0 Å². The Labute approximate surface area is 279 Å². The van der Waals surface area contributed by atoms with Crippen LogP contribution in [0.25, 0.3) is 0 Å². The molecule has 0 aromatic rings. The molecule has 0 heterocycles. The molecule has 3 atom stereocenters. The number of unbranched alkanes of at least 4 members (excludes halogenated alkanes) is 11. The van der Waals surface area contributed by atoms with Crippen molar-refractivity contribution in [2.24, 2.45) is 5.92 Å². The van der Waals surface area contributed by atoms with Crippen molar-refractivity contribution >= 4 is 19.8 Å². The molecule has 3 N–H and O–H groups in total. The molecule has 0 saturated carbocycles. The van der Waals surface area contributed by atoms with Crippen LogP contribution in [0.4, 0.5) is 0 Å². The van der Waals surface area contributed by atoms with Gasteiger partial charge in [0.05, 0.1) is 12.7 Å². The van der Waals surface area contributed by atoms with E-state index in [1.807, 2.05) is 12.2 Å². The summed E-state index contributed by atoms with van der Waals surface area (Å²) in [6, 6.07) is 0. The lowest BCUT2D eigenvalue weighted by Gasteiger charge is -2.18. The number of phosphoric ester groups is 1. The first-order chi connectivity index (χ1) is 22.1. The van der Waals surface area contributed by atoms with Gasteiger partial charge in [0.1, 0.15) is 6.61 Å². The van der Waals surface area contributed by atoms with Crippen molar-refractivity contribution < 1.29 is 43.0 Å². The summed E-state index contributed by atoms with van der Waals surface area (Å²) in [4.78, 5) is 42.6. The minimum absolute atomic E-state index is 0.0121. The van der Waals surface area contributed by atoms with Gasteiger partial charge in [0.2, 0.25) is 0 Å². The third kappa shape index (κ3) is 32.2. The smallest absolute Gasteiger partial charge is 0.462 e. The number of carbonyl (C=O) groups excluding carboxylic acids is 2. The summed E-state index contributed by atoms with van der Waals surface area (Å²) in [5, 5.41) is 10.2. The molecule has 0 rings (SSSR count). The van der Waals surface area contributed by atoms with E-state index in [0.29, 0.717) is 19.3 Å². The Kier molecular flexibility index (Phi) is 29.4. The maximum Gasteiger partial charge on any atom is 0.469 e. The van der Waals surface area contributed by atoms with Gasteiger partial charge in [-0.1, -0.05) is 134 Å². The van der Waals surface area contributed by atoms with Crippen molar-refractivity contribution in [2.45, 2.75) is 161 Å². The van der Waals surface area contributed by atoms with Crippen LogP contribution >= 0.6 is 7.82 Å². The maximum absolute atomic E-state index is 12.3. The van der Waals surface area contributed by atoms with Gasteiger partial charge in [-0.3, -0.25) is 14.1 Å². The van der Waals surface area contributed by atoms with Gasteiger partial charge < -0.3 is 24.4 Å². The summed E-state index contributed by atoms with van der Waals surface area (Å²) in [5.41, 5.74) is 0. The standard InChI is InChI=1S/C36H65O9P/c1-4-6-7-8-9-10-11-12-13-14-15-19-22-26-33(37)27-24-29-36(39)45-34(31-44-46(40,41)42)30-43-35(38)28-23-20-17-16-18-21-25-32(3)5-2/h12-13,15,19,22,26,32-34,37H,4-11,14,16-18,20-21,23-25,27-31H2,1-3H3,(H2,40,41,42)/b13-12+,19-15+,26-22+/t32?,33?,34-/m1/s1. The number of hydrogen-bond donors (Lipinski definition) is 3. The van der Waals surface area contributed by atoms with Crippen LogP contribution in [-0.2, 0) is 28.2 Å². The third-order valence-corrected chi connectivity index (χ3v) is 8.29. The van der Waals surface area contributed by atoms with Crippen molar-refractivity contribution in [1.29, 1.82) is 0 Å². The molecule has 0 aliphatic rings. The first-order valence-electron chi connectivity index (χ1n) is 17.8. The molecule has 0 bridgehead atoms. The van der Waals surface area contributed by atoms with Crippen molar-refractivity contribution in [3.05, 3.63) is 36.5 Å². The summed E-state index contributed by atoms with van der Waals surface area (Å²) >= 11 is 0. The molecule has 0 spiro atoms. The van der Waals surface area contributed by atoms with Crippen LogP contribution in [0.5, 0.6) is 0 Å². The van der Waals surface area contributed by atoms with E-state index < -0.39 is 38.6 Å². The number of aliphatic hydroxyl groups is 1. The molecule has 46 heavy (non-hydrogen) atoms. The zero-order valence-corrected chi connectivity index (χ0v) is 29.9. The van der Waals surface area contributed by atoms with Crippen molar-refractivity contribution in [2.75, 3.05) is 13.2 Å². The van der Waals surface area contributed by atoms with Gasteiger partial charge in [0.15, 0.2) is 6.10 Å². The number of esters is 2. The highest BCUT2D eigenvalue weighted by Crippen LogP contribution is 2.36. The second-order valence-electron chi connectivity index (χ2n) is 12.3. The van der Waals surface area contributed by atoms with E-state index in [1.54, 1.807) is 12.2 Å². The molecule has 0 amide bonds. The lowest BCUT2D eigenvalue weighted by Crippen LogP contribution is -2.29.